The van der Waals surface area contributed by atoms with Crippen LogP contribution >= 0.6 is 0 Å². The summed E-state index contributed by atoms with van der Waals surface area (Å²) in [6.45, 7) is -1.24. The van der Waals surface area contributed by atoms with Gasteiger partial charge in [0.1, 0.15) is 12.4 Å². The average Bonchev–Trinajstić information content (AvgIpc) is 2.66. The highest BCUT2D eigenvalue weighted by Crippen LogP contribution is 2.32. The van der Waals surface area contributed by atoms with Gasteiger partial charge in [-0.25, -0.2) is 4.98 Å². The summed E-state index contributed by atoms with van der Waals surface area (Å²) in [5, 5.41) is 3.39. The van der Waals surface area contributed by atoms with Crippen molar-refractivity contribution in [2.75, 3.05) is 11.9 Å². The van der Waals surface area contributed by atoms with Crippen LogP contribution in [0.2, 0.25) is 0 Å². The largest absolute Gasteiger partial charge is 0.405 e. The predicted octanol–water partition coefficient (Wildman–Crippen LogP) is 3.51. The first-order chi connectivity index (χ1) is 12.9. The van der Waals surface area contributed by atoms with E-state index in [0.29, 0.717) is 21.9 Å². The fourth-order valence-electron chi connectivity index (χ4n) is 2.92. The van der Waals surface area contributed by atoms with Crippen LogP contribution in [0, 0.1) is 0 Å². The molecule has 0 fully saturated rings. The number of pyridine rings is 4. The van der Waals surface area contributed by atoms with Gasteiger partial charge in [-0.1, -0.05) is 6.07 Å². The number of nitrogens with one attached hydrogen (secondary N) is 2. The van der Waals surface area contributed by atoms with Gasteiger partial charge in [0.05, 0.1) is 10.9 Å². The van der Waals surface area contributed by atoms with Gasteiger partial charge in [-0.05, 0) is 12.1 Å². The zero-order valence-electron chi connectivity index (χ0n) is 13.7. The van der Waals surface area contributed by atoms with Gasteiger partial charge in [-0.15, -0.1) is 0 Å². The number of aromatic amines is 1. The van der Waals surface area contributed by atoms with Crippen molar-refractivity contribution in [1.29, 1.82) is 0 Å². The Morgan fingerprint density at radius 3 is 2.63 bits per heavy atom. The zero-order chi connectivity index (χ0) is 19.0. The molecule has 0 saturated carbocycles. The maximum atomic E-state index is 12.7. The van der Waals surface area contributed by atoms with E-state index in [-0.39, 0.29) is 16.7 Å². The lowest BCUT2D eigenvalue weighted by molar-refractivity contribution is -0.115. The monoisotopic (exact) mass is 371 g/mol. The molecule has 4 aromatic rings. The van der Waals surface area contributed by atoms with Crippen LogP contribution in [0.5, 0.6) is 0 Å². The number of H-pyrrole nitrogens is 1. The maximum Gasteiger partial charge on any atom is 0.405 e. The second kappa shape index (κ2) is 6.35. The van der Waals surface area contributed by atoms with Gasteiger partial charge in [0.25, 0.3) is 5.56 Å². The fraction of sp³-hybridized carbons (Fsp3) is 0.111. The summed E-state index contributed by atoms with van der Waals surface area (Å²) in [7, 11) is 0. The first-order valence-corrected chi connectivity index (χ1v) is 7.94. The highest BCUT2D eigenvalue weighted by molar-refractivity contribution is 6.12. The lowest BCUT2D eigenvalue weighted by Crippen LogP contribution is -2.22. The summed E-state index contributed by atoms with van der Waals surface area (Å²) in [6, 6.07) is 5.02. The SMILES string of the molecule is O=c1[nH]cc(-c2cccnc2)c2nc(NCC(F)(F)F)c3ccncc3c12. The van der Waals surface area contributed by atoms with E-state index in [0.717, 1.165) is 0 Å². The summed E-state index contributed by atoms with van der Waals surface area (Å²) >= 11 is 0. The third-order valence-corrected chi connectivity index (χ3v) is 4.06. The molecule has 4 aromatic heterocycles. The number of nitrogens with zero attached hydrogens (tertiary/aromatic N) is 3. The standard InChI is InChI=1S/C18H12F3N5O/c19-18(20,21)9-25-16-11-3-5-23-7-13(11)14-15(26-16)12(8-24-17(14)27)10-2-1-4-22-6-10/h1-8H,9H2,(H,24,27)(H,25,26). The molecule has 0 spiro atoms. The summed E-state index contributed by atoms with van der Waals surface area (Å²) in [5.74, 6) is 0.0352. The highest BCUT2D eigenvalue weighted by atomic mass is 19.4. The molecule has 0 aromatic carbocycles. The minimum atomic E-state index is -4.41. The second-order valence-electron chi connectivity index (χ2n) is 5.85. The van der Waals surface area contributed by atoms with Crippen molar-refractivity contribution in [3.8, 4) is 11.1 Å². The van der Waals surface area contributed by atoms with E-state index in [2.05, 4.69) is 25.3 Å². The molecular weight excluding hydrogens is 359 g/mol. The third kappa shape index (κ3) is 3.19. The molecule has 0 aliphatic rings. The Labute approximate surface area is 150 Å². The van der Waals surface area contributed by atoms with Crippen LogP contribution in [0.25, 0.3) is 32.8 Å². The van der Waals surface area contributed by atoms with Crippen molar-refractivity contribution in [3.05, 3.63) is 59.5 Å². The Kier molecular flexibility index (Phi) is 3.98. The van der Waals surface area contributed by atoms with Gasteiger partial charge in [0.15, 0.2) is 0 Å². The van der Waals surface area contributed by atoms with Crippen molar-refractivity contribution in [2.24, 2.45) is 0 Å². The van der Waals surface area contributed by atoms with Gasteiger partial charge >= 0.3 is 6.18 Å². The lowest BCUT2D eigenvalue weighted by Gasteiger charge is -2.14. The molecule has 27 heavy (non-hydrogen) atoms. The number of hydrogen-bond acceptors (Lipinski definition) is 5. The molecule has 4 heterocycles. The van der Waals surface area contributed by atoms with E-state index in [1.54, 1.807) is 24.5 Å². The molecule has 0 saturated heterocycles. The van der Waals surface area contributed by atoms with E-state index >= 15 is 0 Å². The van der Waals surface area contributed by atoms with E-state index in [1.165, 1.54) is 24.7 Å². The van der Waals surface area contributed by atoms with E-state index in [4.69, 9.17) is 0 Å². The van der Waals surface area contributed by atoms with E-state index in [9.17, 15) is 18.0 Å². The molecule has 0 aliphatic carbocycles. The first kappa shape index (κ1) is 17.0. The van der Waals surface area contributed by atoms with Crippen molar-refractivity contribution < 1.29 is 13.2 Å². The quantitative estimate of drug-likeness (QED) is 0.539. The third-order valence-electron chi connectivity index (χ3n) is 4.06. The van der Waals surface area contributed by atoms with Crippen molar-refractivity contribution >= 4 is 27.5 Å². The molecule has 0 aliphatic heterocycles. The van der Waals surface area contributed by atoms with E-state index < -0.39 is 18.3 Å². The summed E-state index contributed by atoms with van der Waals surface area (Å²) in [4.78, 5) is 27.5. The topological polar surface area (TPSA) is 83.6 Å². The number of rotatable bonds is 3. The Morgan fingerprint density at radius 1 is 1.07 bits per heavy atom. The molecule has 6 nitrogen and oxygen atoms in total. The van der Waals surface area contributed by atoms with Gasteiger partial charge in [0, 0.05) is 52.9 Å². The summed E-state index contributed by atoms with van der Waals surface area (Å²) in [5.41, 5.74) is 1.11. The molecule has 9 heteroatoms. The predicted molar refractivity (Wildman–Crippen MR) is 95.4 cm³/mol. The molecule has 0 unspecified atom stereocenters. The lowest BCUT2D eigenvalue weighted by atomic mass is 10.0. The number of hydrogen-bond donors (Lipinski definition) is 2. The van der Waals surface area contributed by atoms with Crippen molar-refractivity contribution in [3.63, 3.8) is 0 Å². The minimum absolute atomic E-state index is 0.0352. The Morgan fingerprint density at radius 2 is 1.89 bits per heavy atom. The molecule has 4 rings (SSSR count). The first-order valence-electron chi connectivity index (χ1n) is 7.94. The van der Waals surface area contributed by atoms with Crippen LogP contribution in [-0.4, -0.2) is 32.7 Å². The molecule has 2 N–H and O–H groups in total. The summed E-state index contributed by atoms with van der Waals surface area (Å²) < 4.78 is 38.1. The van der Waals surface area contributed by atoms with Gasteiger partial charge < -0.3 is 10.3 Å². The second-order valence-corrected chi connectivity index (χ2v) is 5.85. The van der Waals surface area contributed by atoms with Gasteiger partial charge in [-0.3, -0.25) is 14.8 Å². The Hall–Kier alpha value is -3.49. The van der Waals surface area contributed by atoms with Crippen LogP contribution in [0.3, 0.4) is 0 Å². The summed E-state index contributed by atoms with van der Waals surface area (Å²) in [6.07, 6.45) is 3.14. The number of halogens is 3. The van der Waals surface area contributed by atoms with Crippen molar-refractivity contribution in [2.45, 2.75) is 6.18 Å². The van der Waals surface area contributed by atoms with Crippen LogP contribution in [-0.2, 0) is 0 Å². The van der Waals surface area contributed by atoms with Gasteiger partial charge in [-0.2, -0.15) is 13.2 Å². The molecule has 0 atom stereocenters. The van der Waals surface area contributed by atoms with Crippen molar-refractivity contribution in [1.82, 2.24) is 19.9 Å². The van der Waals surface area contributed by atoms with E-state index in [1.807, 2.05) is 0 Å². The average molecular weight is 371 g/mol. The maximum absolute atomic E-state index is 12.7. The Balaban J connectivity index is 2.05. The highest BCUT2D eigenvalue weighted by Gasteiger charge is 2.27. The molecule has 0 bridgehead atoms. The fourth-order valence-corrected chi connectivity index (χ4v) is 2.92. The van der Waals surface area contributed by atoms with Crippen LogP contribution in [0.15, 0.2) is 54.0 Å². The molecular formula is C18H12F3N5O. The molecule has 0 radical (unpaired) electrons. The van der Waals surface area contributed by atoms with Crippen LogP contribution < -0.4 is 10.9 Å². The molecule has 136 valence electrons. The molecule has 0 amide bonds. The zero-order valence-corrected chi connectivity index (χ0v) is 13.7. The number of aromatic nitrogens is 4. The van der Waals surface area contributed by atoms with Gasteiger partial charge in [0.2, 0.25) is 0 Å². The Bertz CT molecular complexity index is 1190. The van der Waals surface area contributed by atoms with Crippen LogP contribution in [0.1, 0.15) is 0 Å². The number of alkyl halides is 3. The minimum Gasteiger partial charge on any atom is -0.361 e. The number of anilines is 1. The normalized spacial score (nSPS) is 11.8. The smallest absolute Gasteiger partial charge is 0.361 e. The number of fused-ring (bicyclic) bond motifs is 3. The van der Waals surface area contributed by atoms with Crippen LogP contribution in [0.4, 0.5) is 19.0 Å².